The predicted octanol–water partition coefficient (Wildman–Crippen LogP) is 3.80. The maximum atomic E-state index is 13.7. The number of hydrogen-bond donors (Lipinski definition) is 3. The van der Waals surface area contributed by atoms with Gasteiger partial charge in [0.05, 0.1) is 18.1 Å². The summed E-state index contributed by atoms with van der Waals surface area (Å²) in [5.74, 6) is -0.691. The third-order valence-electron chi connectivity index (χ3n) is 4.56. The fraction of sp³-hybridized carbons (Fsp3) is 0.273. The van der Waals surface area contributed by atoms with Crippen molar-refractivity contribution >= 4 is 17.0 Å². The van der Waals surface area contributed by atoms with Crippen molar-refractivity contribution in [3.8, 4) is 6.07 Å². The van der Waals surface area contributed by atoms with Crippen molar-refractivity contribution in [2.24, 2.45) is 0 Å². The van der Waals surface area contributed by atoms with Gasteiger partial charge in [0.1, 0.15) is 11.8 Å². The molecule has 1 fully saturated rings. The van der Waals surface area contributed by atoms with Crippen LogP contribution in [0, 0.1) is 22.1 Å². The van der Waals surface area contributed by atoms with Gasteiger partial charge in [0.15, 0.2) is 0 Å². The number of nitrogens with one attached hydrogen (secondary N) is 3. The summed E-state index contributed by atoms with van der Waals surface area (Å²) in [7, 11) is 0.821. The van der Waals surface area contributed by atoms with Crippen LogP contribution in [0.15, 0.2) is 59.1 Å². The van der Waals surface area contributed by atoms with E-state index in [-0.39, 0.29) is 11.7 Å². The fourth-order valence-electron chi connectivity index (χ4n) is 3.17. The Morgan fingerprint density at radius 1 is 1.40 bits per heavy atom. The second-order valence-corrected chi connectivity index (χ2v) is 8.14. The van der Waals surface area contributed by atoms with Gasteiger partial charge in [-0.2, -0.15) is 9.65 Å². The molecule has 8 heteroatoms. The Balaban J connectivity index is 1.75. The van der Waals surface area contributed by atoms with E-state index in [0.717, 1.165) is 22.5 Å². The highest BCUT2D eigenvalue weighted by molar-refractivity contribution is 7.88. The van der Waals surface area contributed by atoms with Crippen molar-refractivity contribution in [1.29, 1.82) is 10.0 Å². The largest absolute Gasteiger partial charge is 0.393 e. The number of hydrogen-bond acceptors (Lipinski definition) is 5. The minimum atomic E-state index is -0.964. The molecule has 2 heterocycles. The Kier molecular flexibility index (Phi) is 7.85. The van der Waals surface area contributed by atoms with Crippen LogP contribution in [0.3, 0.4) is 0 Å². The van der Waals surface area contributed by atoms with Gasteiger partial charge < -0.3 is 10.1 Å². The van der Waals surface area contributed by atoms with Crippen LogP contribution in [-0.2, 0) is 22.2 Å². The fourth-order valence-corrected chi connectivity index (χ4v) is 4.47. The van der Waals surface area contributed by atoms with E-state index in [1.807, 2.05) is 42.5 Å². The second-order valence-electron chi connectivity index (χ2n) is 6.85. The van der Waals surface area contributed by atoms with Gasteiger partial charge >= 0.3 is 0 Å². The number of halogens is 1. The molecule has 2 atom stereocenters. The lowest BCUT2D eigenvalue weighted by molar-refractivity contribution is 0.103. The maximum Gasteiger partial charge on any atom is 0.214 e. The van der Waals surface area contributed by atoms with Gasteiger partial charge in [-0.1, -0.05) is 36.4 Å². The minimum absolute atomic E-state index is 0.0320. The molecule has 1 saturated heterocycles. The third-order valence-corrected chi connectivity index (χ3v) is 5.95. The van der Waals surface area contributed by atoms with Gasteiger partial charge in [0.2, 0.25) is 5.95 Å². The summed E-state index contributed by atoms with van der Waals surface area (Å²) in [5.41, 5.74) is 2.63. The van der Waals surface area contributed by atoms with E-state index in [4.69, 9.17) is 14.8 Å². The van der Waals surface area contributed by atoms with E-state index in [1.165, 1.54) is 6.07 Å². The summed E-state index contributed by atoms with van der Waals surface area (Å²) in [6.07, 6.45) is 5.11. The monoisotopic (exact) mass is 425 g/mol. The first kappa shape index (κ1) is 21.8. The number of benzene rings is 1. The number of allylic oxidation sites excluding steroid dienone is 1. The highest BCUT2D eigenvalue weighted by atomic mass is 32.2. The molecule has 0 aliphatic carbocycles. The summed E-state index contributed by atoms with van der Waals surface area (Å²) < 4.78 is 31.5. The van der Waals surface area contributed by atoms with Gasteiger partial charge in [-0.3, -0.25) is 4.78 Å². The van der Waals surface area contributed by atoms with E-state index in [9.17, 15) is 4.39 Å². The molecule has 0 radical (unpaired) electrons. The van der Waals surface area contributed by atoms with E-state index in [2.05, 4.69) is 15.0 Å². The van der Waals surface area contributed by atoms with Crippen LogP contribution in [-0.4, -0.2) is 24.7 Å². The predicted molar refractivity (Wildman–Crippen MR) is 116 cm³/mol. The van der Waals surface area contributed by atoms with Crippen LogP contribution in [0.2, 0.25) is 0 Å². The molecule has 3 N–H and O–H groups in total. The van der Waals surface area contributed by atoms with Crippen molar-refractivity contribution in [1.82, 2.24) is 15.0 Å². The first-order chi connectivity index (χ1) is 14.6. The molecule has 2 aromatic rings. The third kappa shape index (κ3) is 6.07. The zero-order valence-corrected chi connectivity index (χ0v) is 17.5. The summed E-state index contributed by atoms with van der Waals surface area (Å²) in [6, 6.07) is 14.7. The Morgan fingerprint density at radius 3 is 2.93 bits per heavy atom. The highest BCUT2D eigenvalue weighted by Crippen LogP contribution is 2.27. The summed E-state index contributed by atoms with van der Waals surface area (Å²) in [5, 5.41) is 12.0. The number of ether oxygens (including phenoxy) is 1. The van der Waals surface area contributed by atoms with Gasteiger partial charge in [0.25, 0.3) is 0 Å². The average Bonchev–Trinajstić information content (AvgIpc) is 2.88. The van der Waals surface area contributed by atoms with E-state index in [0.29, 0.717) is 25.2 Å². The summed E-state index contributed by atoms with van der Waals surface area (Å²) in [6.45, 7) is 1.03. The van der Waals surface area contributed by atoms with Crippen LogP contribution >= 0.6 is 0 Å². The summed E-state index contributed by atoms with van der Waals surface area (Å²) in [4.78, 5) is 4.36. The lowest BCUT2D eigenvalue weighted by atomic mass is 10.0. The van der Waals surface area contributed by atoms with Crippen molar-refractivity contribution in [3.05, 3.63) is 81.9 Å². The Bertz CT molecular complexity index is 1000. The van der Waals surface area contributed by atoms with Crippen molar-refractivity contribution < 1.29 is 9.13 Å². The second kappa shape index (κ2) is 10.8. The molecule has 0 spiro atoms. The Morgan fingerprint density at radius 2 is 2.20 bits per heavy atom. The maximum absolute atomic E-state index is 13.7. The first-order valence-corrected chi connectivity index (χ1v) is 10.8. The molecule has 1 aromatic carbocycles. The zero-order chi connectivity index (χ0) is 21.3. The summed E-state index contributed by atoms with van der Waals surface area (Å²) >= 11 is 0. The molecule has 0 bridgehead atoms. The van der Waals surface area contributed by atoms with Crippen molar-refractivity contribution in [2.75, 3.05) is 13.7 Å². The topological polar surface area (TPSA) is 93.8 Å². The van der Waals surface area contributed by atoms with Gasteiger partial charge in [-0.05, 0) is 46.5 Å². The number of aromatic nitrogens is 1. The number of rotatable bonds is 6. The van der Waals surface area contributed by atoms with Crippen LogP contribution in [0.5, 0.6) is 0 Å². The van der Waals surface area contributed by atoms with Crippen LogP contribution < -0.4 is 10.0 Å². The molecule has 0 amide bonds. The molecular weight excluding hydrogens is 401 g/mol. The van der Waals surface area contributed by atoms with Crippen LogP contribution in [0.4, 0.5) is 4.39 Å². The van der Waals surface area contributed by atoms with Crippen molar-refractivity contribution in [2.45, 2.75) is 25.5 Å². The standard InChI is InChI=1S/C22H24FN5OS/c1-26-13-21-18(9-17-10-20(12-24)27-22(23)11-17)7-8-19(28-30(21)25)15-29-14-16-5-3-2-4-6-16/h2-6,9-11,13,19,26H,7-8,14-15H2,1H3,(H2,25,28)/b18-9+,21-13+. The highest BCUT2D eigenvalue weighted by Gasteiger charge is 2.21. The molecule has 1 aliphatic heterocycles. The number of nitrogens with zero attached hydrogens (tertiary/aromatic N) is 2. The SMILES string of the molecule is CN/C=C1\C(=C\c2cc(F)nc(C#N)c2)CCC(COCc2ccccc2)NS1=N. The minimum Gasteiger partial charge on any atom is -0.393 e. The smallest absolute Gasteiger partial charge is 0.214 e. The normalized spacial score (nSPS) is 21.9. The molecule has 156 valence electrons. The van der Waals surface area contributed by atoms with Gasteiger partial charge in [-0.15, -0.1) is 0 Å². The Labute approximate surface area is 178 Å². The van der Waals surface area contributed by atoms with Crippen LogP contribution in [0.1, 0.15) is 29.7 Å². The molecule has 0 saturated carbocycles. The van der Waals surface area contributed by atoms with E-state index in [1.54, 1.807) is 19.3 Å². The van der Waals surface area contributed by atoms with Gasteiger partial charge in [-0.25, -0.2) is 9.71 Å². The van der Waals surface area contributed by atoms with Crippen LogP contribution in [0.25, 0.3) is 6.08 Å². The zero-order valence-electron chi connectivity index (χ0n) is 16.7. The van der Waals surface area contributed by atoms with E-state index < -0.39 is 16.8 Å². The molecule has 3 rings (SSSR count). The molecule has 1 aromatic heterocycles. The van der Waals surface area contributed by atoms with Gasteiger partial charge in [0, 0.05) is 25.4 Å². The first-order valence-electron chi connectivity index (χ1n) is 9.58. The molecule has 30 heavy (non-hydrogen) atoms. The van der Waals surface area contributed by atoms with E-state index >= 15 is 0 Å². The molecule has 6 nitrogen and oxygen atoms in total. The number of nitriles is 1. The molecule has 2 unspecified atom stereocenters. The molecular formula is C22H24FN5OS. The lowest BCUT2D eigenvalue weighted by Crippen LogP contribution is -2.33. The number of pyridine rings is 1. The quantitative estimate of drug-likeness (QED) is 0.612. The Hall–Kier alpha value is -2.86. The van der Waals surface area contributed by atoms with Crippen molar-refractivity contribution in [3.63, 3.8) is 0 Å². The molecule has 1 aliphatic rings. The average molecular weight is 426 g/mol. The lowest BCUT2D eigenvalue weighted by Gasteiger charge is -2.16.